The van der Waals surface area contributed by atoms with Crippen molar-refractivity contribution in [1.82, 2.24) is 4.57 Å². The number of aryl methyl sites for hydroxylation is 2. The van der Waals surface area contributed by atoms with Crippen LogP contribution < -0.4 is 0 Å². The lowest BCUT2D eigenvalue weighted by atomic mass is 10.1. The number of fused-ring (bicyclic) bond motifs is 3. The second-order valence-electron chi connectivity index (χ2n) is 6.08. The zero-order valence-corrected chi connectivity index (χ0v) is 14.0. The Morgan fingerprint density at radius 3 is 2.46 bits per heavy atom. The Morgan fingerprint density at radius 2 is 1.62 bits per heavy atom. The van der Waals surface area contributed by atoms with Crippen molar-refractivity contribution in [1.29, 1.82) is 0 Å². The molecule has 4 rings (SSSR count). The van der Waals surface area contributed by atoms with Gasteiger partial charge >= 0.3 is 0 Å². The first kappa shape index (κ1) is 14.7. The number of hydrogen-bond donors (Lipinski definition) is 0. The van der Waals surface area contributed by atoms with E-state index in [9.17, 15) is 0 Å². The Bertz CT molecular complexity index is 1050. The Morgan fingerprint density at radius 1 is 0.875 bits per heavy atom. The standard InChI is InChI=1S/C22H20N2/c1-3-24-21-11-7-5-9-18(21)19-14-17(12-13-22(19)24)15-23-20-10-6-4-8-16(20)2/h4-15H,3H2,1-2H3. The van der Waals surface area contributed by atoms with Crippen LogP contribution in [0.3, 0.4) is 0 Å². The minimum Gasteiger partial charge on any atom is -0.341 e. The van der Waals surface area contributed by atoms with Gasteiger partial charge in [0.1, 0.15) is 0 Å². The van der Waals surface area contributed by atoms with Crippen LogP contribution in [-0.4, -0.2) is 10.8 Å². The van der Waals surface area contributed by atoms with Gasteiger partial charge in [-0.2, -0.15) is 0 Å². The average molecular weight is 312 g/mol. The van der Waals surface area contributed by atoms with E-state index in [0.29, 0.717) is 0 Å². The van der Waals surface area contributed by atoms with Gasteiger partial charge in [0.15, 0.2) is 0 Å². The molecule has 0 amide bonds. The molecule has 0 fully saturated rings. The van der Waals surface area contributed by atoms with E-state index in [1.807, 2.05) is 24.4 Å². The van der Waals surface area contributed by atoms with E-state index in [0.717, 1.165) is 17.8 Å². The van der Waals surface area contributed by atoms with Crippen LogP contribution in [0.1, 0.15) is 18.1 Å². The van der Waals surface area contributed by atoms with Gasteiger partial charge in [-0.15, -0.1) is 0 Å². The molecule has 0 unspecified atom stereocenters. The Balaban J connectivity index is 1.84. The van der Waals surface area contributed by atoms with Gasteiger partial charge < -0.3 is 4.57 Å². The maximum absolute atomic E-state index is 4.66. The summed E-state index contributed by atoms with van der Waals surface area (Å²) in [5.41, 5.74) is 5.92. The van der Waals surface area contributed by atoms with Gasteiger partial charge in [0.2, 0.25) is 0 Å². The third-order valence-electron chi connectivity index (χ3n) is 4.58. The summed E-state index contributed by atoms with van der Waals surface area (Å²) in [6.07, 6.45) is 1.96. The Labute approximate surface area is 142 Å². The third kappa shape index (κ3) is 2.41. The van der Waals surface area contributed by atoms with Gasteiger partial charge in [-0.25, -0.2) is 0 Å². The van der Waals surface area contributed by atoms with Crippen molar-refractivity contribution in [3.05, 3.63) is 77.9 Å². The molecule has 0 aliphatic carbocycles. The van der Waals surface area contributed by atoms with E-state index in [-0.39, 0.29) is 0 Å². The predicted molar refractivity (Wildman–Crippen MR) is 104 cm³/mol. The van der Waals surface area contributed by atoms with Crippen LogP contribution in [0.25, 0.3) is 21.8 Å². The number of aromatic nitrogens is 1. The monoisotopic (exact) mass is 312 g/mol. The van der Waals surface area contributed by atoms with Gasteiger partial charge in [0, 0.05) is 34.6 Å². The summed E-state index contributed by atoms with van der Waals surface area (Å²) < 4.78 is 2.37. The molecule has 1 heterocycles. The molecule has 0 saturated carbocycles. The third-order valence-corrected chi connectivity index (χ3v) is 4.58. The lowest BCUT2D eigenvalue weighted by Gasteiger charge is -2.03. The summed E-state index contributed by atoms with van der Waals surface area (Å²) in [5, 5.41) is 2.60. The summed E-state index contributed by atoms with van der Waals surface area (Å²) in [4.78, 5) is 4.66. The molecule has 2 heteroatoms. The number of benzene rings is 3. The maximum Gasteiger partial charge on any atom is 0.0659 e. The van der Waals surface area contributed by atoms with Crippen LogP contribution >= 0.6 is 0 Å². The first-order valence-electron chi connectivity index (χ1n) is 8.38. The zero-order chi connectivity index (χ0) is 16.5. The summed E-state index contributed by atoms with van der Waals surface area (Å²) in [5.74, 6) is 0. The first-order valence-corrected chi connectivity index (χ1v) is 8.38. The van der Waals surface area contributed by atoms with E-state index in [2.05, 4.69) is 71.9 Å². The fourth-order valence-corrected chi connectivity index (χ4v) is 3.34. The van der Waals surface area contributed by atoms with Gasteiger partial charge in [0.05, 0.1) is 5.69 Å². The van der Waals surface area contributed by atoms with Crippen LogP contribution in [0.4, 0.5) is 5.69 Å². The van der Waals surface area contributed by atoms with Gasteiger partial charge in [-0.1, -0.05) is 42.5 Å². The van der Waals surface area contributed by atoms with Crippen molar-refractivity contribution in [2.45, 2.75) is 20.4 Å². The summed E-state index contributed by atoms with van der Waals surface area (Å²) in [7, 11) is 0. The fourth-order valence-electron chi connectivity index (χ4n) is 3.34. The lowest BCUT2D eigenvalue weighted by molar-refractivity contribution is 0.827. The van der Waals surface area contributed by atoms with Crippen LogP contribution in [-0.2, 0) is 6.54 Å². The SMILES string of the molecule is CCn1c2ccccc2c2cc(C=Nc3ccccc3C)ccc21. The molecular formula is C22H20N2. The molecule has 2 nitrogen and oxygen atoms in total. The van der Waals surface area contributed by atoms with Crippen LogP contribution in [0.15, 0.2) is 71.7 Å². The highest BCUT2D eigenvalue weighted by Crippen LogP contribution is 2.29. The highest BCUT2D eigenvalue weighted by molar-refractivity contribution is 6.09. The molecule has 0 aliphatic heterocycles. The largest absolute Gasteiger partial charge is 0.341 e. The first-order chi connectivity index (χ1) is 11.8. The second-order valence-corrected chi connectivity index (χ2v) is 6.08. The predicted octanol–water partition coefficient (Wildman–Crippen LogP) is 5.87. The smallest absolute Gasteiger partial charge is 0.0659 e. The van der Waals surface area contributed by atoms with E-state index in [1.54, 1.807) is 0 Å². The van der Waals surface area contributed by atoms with Crippen molar-refractivity contribution in [2.75, 3.05) is 0 Å². The van der Waals surface area contributed by atoms with Crippen molar-refractivity contribution >= 4 is 33.7 Å². The molecule has 0 radical (unpaired) electrons. The van der Waals surface area contributed by atoms with E-state index in [4.69, 9.17) is 0 Å². The number of hydrogen-bond acceptors (Lipinski definition) is 1. The second kappa shape index (κ2) is 5.97. The highest BCUT2D eigenvalue weighted by atomic mass is 15.0. The normalized spacial score (nSPS) is 11.8. The molecule has 1 aromatic heterocycles. The lowest BCUT2D eigenvalue weighted by Crippen LogP contribution is -1.92. The average Bonchev–Trinajstić information content (AvgIpc) is 2.94. The Hall–Kier alpha value is -2.87. The molecule has 0 atom stereocenters. The molecule has 24 heavy (non-hydrogen) atoms. The summed E-state index contributed by atoms with van der Waals surface area (Å²) in [6, 6.07) is 23.4. The minimum atomic E-state index is 0.973. The Kier molecular flexibility index (Phi) is 3.66. The zero-order valence-electron chi connectivity index (χ0n) is 14.0. The van der Waals surface area contributed by atoms with E-state index in [1.165, 1.54) is 27.4 Å². The van der Waals surface area contributed by atoms with Crippen LogP contribution in [0.5, 0.6) is 0 Å². The molecule has 4 aromatic rings. The number of rotatable bonds is 3. The molecule has 0 saturated heterocycles. The molecule has 0 spiro atoms. The van der Waals surface area contributed by atoms with Crippen LogP contribution in [0.2, 0.25) is 0 Å². The maximum atomic E-state index is 4.66. The van der Waals surface area contributed by atoms with Crippen molar-refractivity contribution in [3.63, 3.8) is 0 Å². The molecule has 0 aliphatic rings. The van der Waals surface area contributed by atoms with Gasteiger partial charge in [0.25, 0.3) is 0 Å². The van der Waals surface area contributed by atoms with Gasteiger partial charge in [-0.3, -0.25) is 4.99 Å². The quantitative estimate of drug-likeness (QED) is 0.421. The highest BCUT2D eigenvalue weighted by Gasteiger charge is 2.09. The molecule has 118 valence electrons. The van der Waals surface area contributed by atoms with E-state index < -0.39 is 0 Å². The van der Waals surface area contributed by atoms with Gasteiger partial charge in [-0.05, 0) is 49.2 Å². The molecule has 0 N–H and O–H groups in total. The van der Waals surface area contributed by atoms with E-state index >= 15 is 0 Å². The minimum absolute atomic E-state index is 0.973. The molecule has 0 bridgehead atoms. The van der Waals surface area contributed by atoms with Crippen LogP contribution in [0, 0.1) is 6.92 Å². The number of nitrogens with zero attached hydrogens (tertiary/aromatic N) is 2. The topological polar surface area (TPSA) is 17.3 Å². The molecular weight excluding hydrogens is 292 g/mol. The molecule has 3 aromatic carbocycles. The number of aliphatic imine (C=N–C) groups is 1. The number of para-hydroxylation sites is 2. The summed E-state index contributed by atoms with van der Waals surface area (Å²) >= 11 is 0. The van der Waals surface area contributed by atoms with Crippen molar-refractivity contribution < 1.29 is 0 Å². The fraction of sp³-hybridized carbons (Fsp3) is 0.136. The summed E-state index contributed by atoms with van der Waals surface area (Å²) in [6.45, 7) is 5.25. The van der Waals surface area contributed by atoms with Crippen molar-refractivity contribution in [2.24, 2.45) is 4.99 Å². The van der Waals surface area contributed by atoms with Crippen molar-refractivity contribution in [3.8, 4) is 0 Å².